The fraction of sp³-hybridized carbons (Fsp3) is 0.800. The number of aryl methyl sites for hydroxylation is 1. The van der Waals surface area contributed by atoms with Crippen LogP contribution < -0.4 is 5.32 Å². The Kier molecular flexibility index (Phi) is 4.16. The summed E-state index contributed by atoms with van der Waals surface area (Å²) in [4.78, 5) is 15.4. The van der Waals surface area contributed by atoms with E-state index in [-0.39, 0.29) is 12.2 Å². The maximum atomic E-state index is 11.8. The van der Waals surface area contributed by atoms with Crippen LogP contribution in [0.15, 0.2) is 0 Å². The third-order valence-corrected chi connectivity index (χ3v) is 2.74. The Morgan fingerprint density at radius 1 is 1.41 bits per heavy atom. The van der Waals surface area contributed by atoms with Crippen molar-refractivity contribution in [1.29, 1.82) is 0 Å². The molecule has 1 fully saturated rings. The normalized spacial score (nSPS) is 17.9. The molecule has 1 aromatic rings. The molecule has 0 spiro atoms. The molecule has 0 bridgehead atoms. The van der Waals surface area contributed by atoms with E-state index in [1.165, 1.54) is 4.80 Å². The van der Waals surface area contributed by atoms with Gasteiger partial charge in [0.05, 0.1) is 20.0 Å². The number of carbonyl (C=O) groups excluding carboxylic acids is 1. The molecule has 0 unspecified atom stereocenters. The Labute approximate surface area is 100 Å². The van der Waals surface area contributed by atoms with Crippen molar-refractivity contribution in [3.8, 4) is 0 Å². The summed E-state index contributed by atoms with van der Waals surface area (Å²) in [6, 6.07) is 0. The topological polar surface area (TPSA) is 75.9 Å². The summed E-state index contributed by atoms with van der Waals surface area (Å²) in [7, 11) is 1.70. The maximum absolute atomic E-state index is 11.8. The highest BCUT2D eigenvalue weighted by atomic mass is 16.1. The van der Waals surface area contributed by atoms with Gasteiger partial charge in [-0.2, -0.15) is 4.80 Å². The summed E-state index contributed by atoms with van der Waals surface area (Å²) >= 11 is 0. The smallest absolute Gasteiger partial charge is 0.182 e. The van der Waals surface area contributed by atoms with Gasteiger partial charge in [0.25, 0.3) is 0 Å². The van der Waals surface area contributed by atoms with Crippen molar-refractivity contribution in [3.05, 3.63) is 5.82 Å². The number of aromatic nitrogens is 4. The number of hydrogen-bond donors (Lipinski definition) is 1. The van der Waals surface area contributed by atoms with E-state index in [4.69, 9.17) is 0 Å². The van der Waals surface area contributed by atoms with E-state index in [9.17, 15) is 4.79 Å². The maximum Gasteiger partial charge on any atom is 0.182 e. The van der Waals surface area contributed by atoms with Crippen molar-refractivity contribution in [1.82, 2.24) is 30.4 Å². The molecule has 0 aliphatic carbocycles. The lowest BCUT2D eigenvalue weighted by Gasteiger charge is -2.17. The summed E-state index contributed by atoms with van der Waals surface area (Å²) in [5.74, 6) is 0.658. The Morgan fingerprint density at radius 2 is 2.29 bits per heavy atom. The molecule has 0 aromatic carbocycles. The molecule has 7 nitrogen and oxygen atoms in total. The third-order valence-electron chi connectivity index (χ3n) is 2.74. The fourth-order valence-electron chi connectivity index (χ4n) is 1.94. The van der Waals surface area contributed by atoms with Crippen LogP contribution in [0, 0.1) is 0 Å². The second kappa shape index (κ2) is 5.83. The van der Waals surface area contributed by atoms with Gasteiger partial charge >= 0.3 is 0 Å². The molecule has 0 saturated carbocycles. The lowest BCUT2D eigenvalue weighted by molar-refractivity contribution is -0.119. The van der Waals surface area contributed by atoms with E-state index in [1.807, 2.05) is 0 Å². The molecule has 0 radical (unpaired) electrons. The summed E-state index contributed by atoms with van der Waals surface area (Å²) in [5.41, 5.74) is 0. The Morgan fingerprint density at radius 3 is 3.06 bits per heavy atom. The van der Waals surface area contributed by atoms with Gasteiger partial charge in [-0.05, 0) is 24.7 Å². The van der Waals surface area contributed by atoms with E-state index in [2.05, 4.69) is 25.6 Å². The van der Waals surface area contributed by atoms with Crippen molar-refractivity contribution in [2.24, 2.45) is 7.05 Å². The molecule has 1 aromatic heterocycles. The van der Waals surface area contributed by atoms with Crippen molar-refractivity contribution in [2.75, 3.05) is 32.7 Å². The van der Waals surface area contributed by atoms with Crippen LogP contribution in [0.2, 0.25) is 0 Å². The Balaban J connectivity index is 1.80. The highest BCUT2D eigenvalue weighted by Crippen LogP contribution is 1.97. The number of ketones is 1. The molecule has 7 heteroatoms. The summed E-state index contributed by atoms with van der Waals surface area (Å²) in [5, 5.41) is 14.8. The lowest BCUT2D eigenvalue weighted by atomic mass is 10.2. The molecule has 1 N–H and O–H groups in total. The van der Waals surface area contributed by atoms with Gasteiger partial charge < -0.3 is 5.32 Å². The van der Waals surface area contributed by atoms with Gasteiger partial charge in [0.2, 0.25) is 0 Å². The largest absolute Gasteiger partial charge is 0.315 e. The van der Waals surface area contributed by atoms with Crippen LogP contribution in [0.5, 0.6) is 0 Å². The molecule has 2 heterocycles. The van der Waals surface area contributed by atoms with Crippen LogP contribution in [0.1, 0.15) is 12.2 Å². The van der Waals surface area contributed by atoms with Crippen LogP contribution in [0.3, 0.4) is 0 Å². The quantitative estimate of drug-likeness (QED) is 0.696. The second-order valence-corrected chi connectivity index (χ2v) is 4.29. The van der Waals surface area contributed by atoms with Gasteiger partial charge in [0.1, 0.15) is 0 Å². The molecule has 1 aliphatic rings. The number of nitrogens with zero attached hydrogens (tertiary/aromatic N) is 5. The number of nitrogens with one attached hydrogen (secondary N) is 1. The summed E-state index contributed by atoms with van der Waals surface area (Å²) < 4.78 is 0. The van der Waals surface area contributed by atoms with Crippen LogP contribution in [0.25, 0.3) is 0 Å². The van der Waals surface area contributed by atoms with Gasteiger partial charge in [-0.3, -0.25) is 9.69 Å². The van der Waals surface area contributed by atoms with Crippen LogP contribution in [-0.4, -0.2) is 63.6 Å². The van der Waals surface area contributed by atoms with Gasteiger partial charge in [0.15, 0.2) is 11.6 Å². The van der Waals surface area contributed by atoms with E-state index in [0.717, 1.165) is 32.6 Å². The molecule has 0 atom stereocenters. The van der Waals surface area contributed by atoms with Gasteiger partial charge in [0, 0.05) is 13.1 Å². The standard InChI is InChI=1S/C10H18N6O/c1-15-13-10(12-14-15)7-9(17)8-16-5-2-3-11-4-6-16/h11H,2-8H2,1H3. The summed E-state index contributed by atoms with van der Waals surface area (Å²) in [6.45, 7) is 4.39. The predicted molar refractivity (Wildman–Crippen MR) is 61.4 cm³/mol. The van der Waals surface area contributed by atoms with Gasteiger partial charge in [-0.25, -0.2) is 0 Å². The minimum atomic E-state index is 0.153. The van der Waals surface area contributed by atoms with Crippen LogP contribution >= 0.6 is 0 Å². The number of carbonyl (C=O) groups is 1. The van der Waals surface area contributed by atoms with Crippen molar-refractivity contribution < 1.29 is 4.79 Å². The Bertz CT molecular complexity index is 369. The summed E-state index contributed by atoms with van der Waals surface area (Å²) in [6.07, 6.45) is 1.37. The highest BCUT2D eigenvalue weighted by Gasteiger charge is 2.14. The zero-order chi connectivity index (χ0) is 12.1. The third kappa shape index (κ3) is 3.86. The van der Waals surface area contributed by atoms with Crippen molar-refractivity contribution >= 4 is 5.78 Å². The lowest BCUT2D eigenvalue weighted by Crippen LogP contribution is -2.33. The molecule has 1 aliphatic heterocycles. The van der Waals surface area contributed by atoms with Crippen LogP contribution in [0.4, 0.5) is 0 Å². The first kappa shape index (κ1) is 12.1. The number of Topliss-reactive ketones (excluding diaryl/α,β-unsaturated/α-hetero) is 1. The first-order valence-corrected chi connectivity index (χ1v) is 5.92. The molecule has 94 valence electrons. The molecular formula is C10H18N6O. The van der Waals surface area contributed by atoms with E-state index < -0.39 is 0 Å². The molecule has 0 amide bonds. The SMILES string of the molecule is Cn1nnc(CC(=O)CN2CCCNCC2)n1. The van der Waals surface area contributed by atoms with E-state index in [1.54, 1.807) is 7.05 Å². The van der Waals surface area contributed by atoms with Gasteiger partial charge in [-0.15, -0.1) is 10.2 Å². The average molecular weight is 238 g/mol. The first-order chi connectivity index (χ1) is 8.24. The Hall–Kier alpha value is -1.34. The zero-order valence-corrected chi connectivity index (χ0v) is 10.1. The van der Waals surface area contributed by atoms with E-state index in [0.29, 0.717) is 12.4 Å². The predicted octanol–water partition coefficient (Wildman–Crippen LogP) is -1.38. The minimum absolute atomic E-state index is 0.153. The molecule has 17 heavy (non-hydrogen) atoms. The van der Waals surface area contributed by atoms with E-state index >= 15 is 0 Å². The minimum Gasteiger partial charge on any atom is -0.315 e. The fourth-order valence-corrected chi connectivity index (χ4v) is 1.94. The van der Waals surface area contributed by atoms with Crippen molar-refractivity contribution in [3.63, 3.8) is 0 Å². The second-order valence-electron chi connectivity index (χ2n) is 4.29. The van der Waals surface area contributed by atoms with Crippen LogP contribution in [-0.2, 0) is 18.3 Å². The first-order valence-electron chi connectivity index (χ1n) is 5.92. The molecule has 2 rings (SSSR count). The zero-order valence-electron chi connectivity index (χ0n) is 10.1. The average Bonchev–Trinajstić information content (AvgIpc) is 2.53. The molecule has 1 saturated heterocycles. The van der Waals surface area contributed by atoms with Crippen molar-refractivity contribution in [2.45, 2.75) is 12.8 Å². The highest BCUT2D eigenvalue weighted by molar-refractivity contribution is 5.82. The molecular weight excluding hydrogens is 220 g/mol. The number of hydrogen-bond acceptors (Lipinski definition) is 6. The number of tetrazole rings is 1. The monoisotopic (exact) mass is 238 g/mol. The number of rotatable bonds is 4. The van der Waals surface area contributed by atoms with Gasteiger partial charge in [-0.1, -0.05) is 0 Å².